The highest BCUT2D eigenvalue weighted by Gasteiger charge is 2.35. The number of rotatable bonds is 8. The molecular weight excluding hydrogens is 304 g/mol. The molecular formula is C19H28N2O3. The van der Waals surface area contributed by atoms with E-state index in [1.54, 1.807) is 4.90 Å². The minimum absolute atomic E-state index is 0.0372. The van der Waals surface area contributed by atoms with Gasteiger partial charge in [0.25, 0.3) is 0 Å². The van der Waals surface area contributed by atoms with Crippen molar-refractivity contribution in [3.05, 3.63) is 35.9 Å². The lowest BCUT2D eigenvalue weighted by molar-refractivity contribution is -0.129. The summed E-state index contributed by atoms with van der Waals surface area (Å²) >= 11 is 0. The first-order valence-corrected chi connectivity index (χ1v) is 8.78. The van der Waals surface area contributed by atoms with E-state index in [2.05, 4.69) is 5.32 Å². The van der Waals surface area contributed by atoms with E-state index in [-0.39, 0.29) is 42.7 Å². The molecule has 1 saturated heterocycles. The van der Waals surface area contributed by atoms with Crippen LogP contribution in [0.1, 0.15) is 32.3 Å². The summed E-state index contributed by atoms with van der Waals surface area (Å²) in [5.74, 6) is -0.184. The highest BCUT2D eigenvalue weighted by molar-refractivity contribution is 5.89. The van der Waals surface area contributed by atoms with Gasteiger partial charge in [-0.1, -0.05) is 50.6 Å². The molecule has 2 rings (SSSR count). The third-order valence-electron chi connectivity index (χ3n) is 4.95. The molecule has 0 radical (unpaired) electrons. The van der Waals surface area contributed by atoms with Gasteiger partial charge < -0.3 is 15.3 Å². The summed E-state index contributed by atoms with van der Waals surface area (Å²) in [5, 5.41) is 12.3. The van der Waals surface area contributed by atoms with Gasteiger partial charge in [0.2, 0.25) is 11.8 Å². The van der Waals surface area contributed by atoms with Crippen LogP contribution in [0.4, 0.5) is 0 Å². The molecule has 0 aliphatic carbocycles. The molecule has 1 aliphatic heterocycles. The highest BCUT2D eigenvalue weighted by atomic mass is 16.3. The number of amides is 2. The van der Waals surface area contributed by atoms with Crippen LogP contribution in [0.25, 0.3) is 0 Å². The zero-order chi connectivity index (χ0) is 17.5. The second-order valence-corrected chi connectivity index (χ2v) is 6.66. The van der Waals surface area contributed by atoms with E-state index >= 15 is 0 Å². The molecule has 0 bridgehead atoms. The van der Waals surface area contributed by atoms with E-state index in [4.69, 9.17) is 0 Å². The second kappa shape index (κ2) is 8.83. The molecule has 1 aromatic rings. The number of carbonyl (C=O) groups excluding carboxylic acids is 2. The average molecular weight is 332 g/mol. The molecule has 3 atom stereocenters. The SMILES string of the molecule is CC[C@H](C)[C@@H](CO)NC(=O)[C@H]1CC(=O)N(CCc2ccccc2)C1. The van der Waals surface area contributed by atoms with Crippen molar-refractivity contribution in [3.63, 3.8) is 0 Å². The molecule has 0 aromatic heterocycles. The first kappa shape index (κ1) is 18.5. The van der Waals surface area contributed by atoms with Crippen LogP contribution in [-0.4, -0.2) is 47.6 Å². The van der Waals surface area contributed by atoms with Crippen LogP contribution < -0.4 is 5.32 Å². The molecule has 2 N–H and O–H groups in total. The van der Waals surface area contributed by atoms with Crippen molar-refractivity contribution < 1.29 is 14.7 Å². The fourth-order valence-corrected chi connectivity index (χ4v) is 3.03. The van der Waals surface area contributed by atoms with Crippen molar-refractivity contribution >= 4 is 11.8 Å². The number of likely N-dealkylation sites (tertiary alicyclic amines) is 1. The Hall–Kier alpha value is -1.88. The third-order valence-corrected chi connectivity index (χ3v) is 4.95. The number of aliphatic hydroxyl groups excluding tert-OH is 1. The largest absolute Gasteiger partial charge is 0.394 e. The summed E-state index contributed by atoms with van der Waals surface area (Å²) in [5.41, 5.74) is 1.19. The van der Waals surface area contributed by atoms with E-state index in [0.717, 1.165) is 12.8 Å². The van der Waals surface area contributed by atoms with Crippen LogP contribution in [0.3, 0.4) is 0 Å². The molecule has 24 heavy (non-hydrogen) atoms. The summed E-state index contributed by atoms with van der Waals surface area (Å²) in [4.78, 5) is 26.3. The normalized spacial score (nSPS) is 20.0. The molecule has 0 spiro atoms. The Morgan fingerprint density at radius 1 is 1.38 bits per heavy atom. The second-order valence-electron chi connectivity index (χ2n) is 6.66. The predicted molar refractivity (Wildman–Crippen MR) is 93.3 cm³/mol. The fourth-order valence-electron chi connectivity index (χ4n) is 3.03. The molecule has 1 aromatic carbocycles. The van der Waals surface area contributed by atoms with Gasteiger partial charge in [-0.15, -0.1) is 0 Å². The summed E-state index contributed by atoms with van der Waals surface area (Å²) in [7, 11) is 0. The van der Waals surface area contributed by atoms with E-state index in [1.165, 1.54) is 5.56 Å². The van der Waals surface area contributed by atoms with E-state index in [9.17, 15) is 14.7 Å². The molecule has 1 heterocycles. The van der Waals surface area contributed by atoms with Crippen molar-refractivity contribution in [2.45, 2.75) is 39.2 Å². The Morgan fingerprint density at radius 2 is 2.08 bits per heavy atom. The lowest BCUT2D eigenvalue weighted by Gasteiger charge is -2.24. The van der Waals surface area contributed by atoms with E-state index in [1.807, 2.05) is 44.2 Å². The third kappa shape index (κ3) is 4.81. The van der Waals surface area contributed by atoms with Gasteiger partial charge in [-0.3, -0.25) is 9.59 Å². The van der Waals surface area contributed by atoms with Gasteiger partial charge in [-0.05, 0) is 17.9 Å². The first-order valence-electron chi connectivity index (χ1n) is 8.78. The number of nitrogens with one attached hydrogen (secondary N) is 1. The smallest absolute Gasteiger partial charge is 0.225 e. The van der Waals surface area contributed by atoms with Gasteiger partial charge in [-0.2, -0.15) is 0 Å². The zero-order valence-electron chi connectivity index (χ0n) is 14.6. The van der Waals surface area contributed by atoms with Gasteiger partial charge >= 0.3 is 0 Å². The number of carbonyl (C=O) groups is 2. The zero-order valence-corrected chi connectivity index (χ0v) is 14.6. The van der Waals surface area contributed by atoms with E-state index < -0.39 is 0 Å². The molecule has 1 fully saturated rings. The molecule has 5 nitrogen and oxygen atoms in total. The highest BCUT2D eigenvalue weighted by Crippen LogP contribution is 2.19. The van der Waals surface area contributed by atoms with Crippen LogP contribution >= 0.6 is 0 Å². The topological polar surface area (TPSA) is 69.6 Å². The quantitative estimate of drug-likeness (QED) is 0.760. The Morgan fingerprint density at radius 3 is 2.71 bits per heavy atom. The van der Waals surface area contributed by atoms with Gasteiger partial charge in [0.05, 0.1) is 18.6 Å². The fraction of sp³-hybridized carbons (Fsp3) is 0.579. The molecule has 1 aliphatic rings. The molecule has 5 heteroatoms. The molecule has 0 saturated carbocycles. The number of benzene rings is 1. The van der Waals surface area contributed by atoms with Crippen molar-refractivity contribution in [3.8, 4) is 0 Å². The maximum atomic E-state index is 12.4. The van der Waals surface area contributed by atoms with Crippen LogP contribution in [-0.2, 0) is 16.0 Å². The number of aliphatic hydroxyl groups is 1. The van der Waals surface area contributed by atoms with Crippen LogP contribution in [0.5, 0.6) is 0 Å². The number of hydrogen-bond acceptors (Lipinski definition) is 3. The van der Waals surface area contributed by atoms with Gasteiger partial charge in [-0.25, -0.2) is 0 Å². The lowest BCUT2D eigenvalue weighted by Crippen LogP contribution is -2.45. The monoisotopic (exact) mass is 332 g/mol. The maximum absolute atomic E-state index is 12.4. The standard InChI is InChI=1S/C19H28N2O3/c1-3-14(2)17(13-22)20-19(24)16-11-18(23)21(12-16)10-9-15-7-5-4-6-8-15/h4-8,14,16-17,22H,3,9-13H2,1-2H3,(H,20,24)/t14-,16-,17+/m0/s1. The van der Waals surface area contributed by atoms with Gasteiger partial charge in [0.15, 0.2) is 0 Å². The van der Waals surface area contributed by atoms with Crippen molar-refractivity contribution in [2.24, 2.45) is 11.8 Å². The Bertz CT molecular complexity index is 547. The van der Waals surface area contributed by atoms with Gasteiger partial charge in [0.1, 0.15) is 0 Å². The summed E-state index contributed by atoms with van der Waals surface area (Å²) in [6.45, 7) is 5.08. The summed E-state index contributed by atoms with van der Waals surface area (Å²) < 4.78 is 0. The van der Waals surface area contributed by atoms with Crippen LogP contribution in [0.15, 0.2) is 30.3 Å². The Kier molecular flexibility index (Phi) is 6.79. The van der Waals surface area contributed by atoms with Crippen LogP contribution in [0.2, 0.25) is 0 Å². The van der Waals surface area contributed by atoms with Crippen LogP contribution in [0, 0.1) is 11.8 Å². The van der Waals surface area contributed by atoms with Crippen molar-refractivity contribution in [1.29, 1.82) is 0 Å². The average Bonchev–Trinajstić information content (AvgIpc) is 2.99. The number of nitrogens with zero attached hydrogens (tertiary/aromatic N) is 1. The summed E-state index contributed by atoms with van der Waals surface area (Å²) in [6.07, 6.45) is 1.95. The molecule has 0 unspecified atom stereocenters. The van der Waals surface area contributed by atoms with Crippen molar-refractivity contribution in [2.75, 3.05) is 19.7 Å². The minimum Gasteiger partial charge on any atom is -0.394 e. The predicted octanol–water partition coefficient (Wildman–Crippen LogP) is 1.60. The lowest BCUT2D eigenvalue weighted by atomic mass is 9.98. The summed E-state index contributed by atoms with van der Waals surface area (Å²) in [6, 6.07) is 9.80. The first-order chi connectivity index (χ1) is 11.5. The molecule has 2 amide bonds. The maximum Gasteiger partial charge on any atom is 0.225 e. The minimum atomic E-state index is -0.314. The van der Waals surface area contributed by atoms with E-state index in [0.29, 0.717) is 13.1 Å². The molecule has 132 valence electrons. The van der Waals surface area contributed by atoms with Gasteiger partial charge in [0, 0.05) is 19.5 Å². The number of hydrogen-bond donors (Lipinski definition) is 2. The Labute approximate surface area is 144 Å². The Balaban J connectivity index is 1.85. The van der Waals surface area contributed by atoms with Crippen molar-refractivity contribution in [1.82, 2.24) is 10.2 Å².